The van der Waals surface area contributed by atoms with E-state index in [-0.39, 0.29) is 31.9 Å². The van der Waals surface area contributed by atoms with Gasteiger partial charge in [-0.15, -0.1) is 11.3 Å². The summed E-state index contributed by atoms with van der Waals surface area (Å²) < 4.78 is 44.2. The lowest BCUT2D eigenvalue weighted by molar-refractivity contribution is -0.140. The molecule has 4 heterocycles. The third-order valence-corrected chi connectivity index (χ3v) is 6.43. The summed E-state index contributed by atoms with van der Waals surface area (Å²) in [5.74, 6) is -1.49. The third-order valence-electron chi connectivity index (χ3n) is 5.33. The minimum Gasteiger partial charge on any atom is -0.365 e. The number of primary amides is 1. The van der Waals surface area contributed by atoms with Gasteiger partial charge < -0.3 is 11.1 Å². The summed E-state index contributed by atoms with van der Waals surface area (Å²) in [7, 11) is 0. The largest absolute Gasteiger partial charge is 0.433 e. The number of hydrogen-bond donors (Lipinski definition) is 2. The zero-order valence-corrected chi connectivity index (χ0v) is 19.2. The van der Waals surface area contributed by atoms with E-state index in [1.165, 1.54) is 18.6 Å². The van der Waals surface area contributed by atoms with Gasteiger partial charge in [0, 0.05) is 35.9 Å². The number of nitrogens with zero attached hydrogens (tertiary/aromatic N) is 5. The zero-order valence-electron chi connectivity index (χ0n) is 18.4. The highest BCUT2D eigenvalue weighted by Gasteiger charge is 2.35. The summed E-state index contributed by atoms with van der Waals surface area (Å²) in [6.45, 7) is 6.47. The summed E-state index contributed by atoms with van der Waals surface area (Å²) in [4.78, 5) is 28.7. The highest BCUT2D eigenvalue weighted by molar-refractivity contribution is 7.21. The van der Waals surface area contributed by atoms with E-state index in [0.29, 0.717) is 35.7 Å². The molecule has 0 aliphatic carbocycles. The van der Waals surface area contributed by atoms with Crippen molar-refractivity contribution in [1.82, 2.24) is 24.5 Å². The number of carbonyl (C=O) groups is 2. The molecule has 34 heavy (non-hydrogen) atoms. The second-order valence-electron chi connectivity index (χ2n) is 7.40. The van der Waals surface area contributed by atoms with Crippen LogP contribution in [0.2, 0.25) is 0 Å². The molecule has 4 aromatic rings. The monoisotopic (exact) mass is 491 g/mol. The molecule has 0 saturated heterocycles. The van der Waals surface area contributed by atoms with Gasteiger partial charge in [0.15, 0.2) is 0 Å². The molecule has 2 amide bonds. The smallest absolute Gasteiger partial charge is 0.365 e. The first-order chi connectivity index (χ1) is 16.0. The number of amides is 2. The van der Waals surface area contributed by atoms with Crippen LogP contribution in [0.5, 0.6) is 0 Å². The van der Waals surface area contributed by atoms with Crippen LogP contribution in [0.3, 0.4) is 0 Å². The van der Waals surface area contributed by atoms with Crippen LogP contribution in [-0.4, -0.2) is 36.4 Å². The number of alkyl halides is 3. The molecule has 0 aromatic carbocycles. The van der Waals surface area contributed by atoms with Crippen molar-refractivity contribution in [3.05, 3.63) is 46.5 Å². The minimum absolute atomic E-state index is 0.00150. The molecule has 4 rings (SSSR count). The van der Waals surface area contributed by atoms with Crippen LogP contribution in [0.25, 0.3) is 21.3 Å². The summed E-state index contributed by atoms with van der Waals surface area (Å²) in [5, 5.41) is 11.1. The molecule has 0 atom stereocenters. The van der Waals surface area contributed by atoms with Gasteiger partial charge >= 0.3 is 6.18 Å². The predicted octanol–water partition coefficient (Wildman–Crippen LogP) is 4.07. The van der Waals surface area contributed by atoms with Gasteiger partial charge in [-0.2, -0.15) is 23.4 Å². The van der Waals surface area contributed by atoms with Crippen molar-refractivity contribution in [3.63, 3.8) is 0 Å². The molecule has 0 spiro atoms. The van der Waals surface area contributed by atoms with Crippen molar-refractivity contribution in [2.45, 2.75) is 40.0 Å². The van der Waals surface area contributed by atoms with Crippen molar-refractivity contribution in [3.8, 4) is 11.1 Å². The molecule has 0 unspecified atom stereocenters. The van der Waals surface area contributed by atoms with Gasteiger partial charge in [0.2, 0.25) is 0 Å². The minimum atomic E-state index is -4.73. The number of pyridine rings is 1. The molecule has 178 valence electrons. The van der Waals surface area contributed by atoms with Crippen LogP contribution in [0.15, 0.2) is 24.7 Å². The molecule has 0 fully saturated rings. The van der Waals surface area contributed by atoms with E-state index in [1.807, 2.05) is 13.8 Å². The van der Waals surface area contributed by atoms with Crippen molar-refractivity contribution < 1.29 is 22.8 Å². The number of thiophene rings is 1. The van der Waals surface area contributed by atoms with Crippen LogP contribution >= 0.6 is 11.3 Å². The molecule has 9 nitrogen and oxygen atoms in total. The quantitative estimate of drug-likeness (QED) is 0.421. The topological polar surface area (TPSA) is 121 Å². The molecule has 0 saturated carbocycles. The molecule has 3 N–H and O–H groups in total. The Hall–Kier alpha value is -3.74. The van der Waals surface area contributed by atoms with Crippen molar-refractivity contribution in [2.75, 3.05) is 5.32 Å². The number of aromatic nitrogens is 5. The average Bonchev–Trinajstić information content (AvgIpc) is 3.49. The third kappa shape index (κ3) is 4.02. The highest BCUT2D eigenvalue weighted by Crippen LogP contribution is 2.44. The van der Waals surface area contributed by atoms with Crippen LogP contribution in [0.4, 0.5) is 18.9 Å². The molecule has 13 heteroatoms. The SMILES string of the molecule is CCn1cc(C(=O)Nc2c(C(N)=O)sc3nc(C(F)(F)F)cc(-c4cnn(CC)c4C)c23)cn1. The number of aryl methyl sites for hydroxylation is 2. The normalized spacial score (nSPS) is 11.8. The Kier molecular flexibility index (Phi) is 5.89. The lowest BCUT2D eigenvalue weighted by atomic mass is 10.0. The summed E-state index contributed by atoms with van der Waals surface area (Å²) in [6.07, 6.45) is -0.406. The van der Waals surface area contributed by atoms with Crippen LogP contribution in [-0.2, 0) is 19.3 Å². The van der Waals surface area contributed by atoms with Gasteiger partial charge in [0.05, 0.1) is 23.6 Å². The number of halogens is 3. The molecule has 4 aromatic heterocycles. The Labute approximate surface area is 195 Å². The molecule has 0 aliphatic heterocycles. The second-order valence-corrected chi connectivity index (χ2v) is 8.40. The Morgan fingerprint density at radius 2 is 1.88 bits per heavy atom. The second kappa shape index (κ2) is 8.56. The lowest BCUT2D eigenvalue weighted by Gasteiger charge is -2.12. The van der Waals surface area contributed by atoms with E-state index >= 15 is 0 Å². The number of nitrogens with two attached hydrogens (primary N) is 1. The van der Waals surface area contributed by atoms with Gasteiger partial charge in [-0.25, -0.2) is 4.98 Å². The van der Waals surface area contributed by atoms with Crippen LogP contribution < -0.4 is 11.1 Å². The predicted molar refractivity (Wildman–Crippen MR) is 121 cm³/mol. The summed E-state index contributed by atoms with van der Waals surface area (Å²) in [5.41, 5.74) is 5.79. The van der Waals surface area contributed by atoms with E-state index in [9.17, 15) is 22.8 Å². The fourth-order valence-electron chi connectivity index (χ4n) is 3.62. The van der Waals surface area contributed by atoms with E-state index in [4.69, 9.17) is 5.73 Å². The van der Waals surface area contributed by atoms with E-state index in [2.05, 4.69) is 20.5 Å². The molecule has 0 radical (unpaired) electrons. The van der Waals surface area contributed by atoms with Crippen molar-refractivity contribution >= 4 is 39.1 Å². The van der Waals surface area contributed by atoms with Gasteiger partial charge in [0.1, 0.15) is 15.4 Å². The van der Waals surface area contributed by atoms with Gasteiger partial charge in [-0.05, 0) is 32.4 Å². The molecular formula is C21H20F3N7O2S. The zero-order chi connectivity index (χ0) is 24.8. The summed E-state index contributed by atoms with van der Waals surface area (Å²) >= 11 is 0.688. The average molecular weight is 491 g/mol. The maximum atomic E-state index is 13.7. The van der Waals surface area contributed by atoms with E-state index < -0.39 is 23.7 Å². The van der Waals surface area contributed by atoms with E-state index in [0.717, 1.165) is 6.07 Å². The maximum Gasteiger partial charge on any atom is 0.433 e. The first-order valence-corrected chi connectivity index (χ1v) is 11.1. The maximum absolute atomic E-state index is 13.7. The van der Waals surface area contributed by atoms with Crippen LogP contribution in [0, 0.1) is 6.92 Å². The lowest BCUT2D eigenvalue weighted by Crippen LogP contribution is -2.16. The number of carbonyl (C=O) groups excluding carboxylic acids is 2. The Morgan fingerprint density at radius 3 is 2.44 bits per heavy atom. The van der Waals surface area contributed by atoms with Gasteiger partial charge in [0.25, 0.3) is 11.8 Å². The number of fused-ring (bicyclic) bond motifs is 1. The van der Waals surface area contributed by atoms with Gasteiger partial charge in [-0.1, -0.05) is 0 Å². The number of anilines is 1. The number of nitrogens with one attached hydrogen (secondary N) is 1. The Bertz CT molecular complexity index is 1420. The molecule has 0 aliphatic rings. The van der Waals surface area contributed by atoms with Crippen molar-refractivity contribution in [2.24, 2.45) is 5.73 Å². The fraction of sp³-hybridized carbons (Fsp3) is 0.286. The van der Waals surface area contributed by atoms with Crippen molar-refractivity contribution in [1.29, 1.82) is 0 Å². The Balaban J connectivity index is 1.98. The van der Waals surface area contributed by atoms with Gasteiger partial charge in [-0.3, -0.25) is 19.0 Å². The highest BCUT2D eigenvalue weighted by atomic mass is 32.1. The molecule has 0 bridgehead atoms. The van der Waals surface area contributed by atoms with Crippen LogP contribution in [0.1, 0.15) is 45.3 Å². The number of rotatable bonds is 6. The molecular weight excluding hydrogens is 471 g/mol. The standard InChI is InChI=1S/C21H20F3N7O2S/c1-4-30-9-11(7-26-30)19(33)29-16-15-12(13-8-27-31(5-2)10(13)3)6-14(21(22,23)24)28-20(15)34-17(16)18(25)32/h6-9H,4-5H2,1-3H3,(H2,25,32)(H,29,33). The fourth-order valence-corrected chi connectivity index (χ4v) is 4.63. The first-order valence-electron chi connectivity index (χ1n) is 10.3. The Morgan fingerprint density at radius 1 is 1.15 bits per heavy atom. The summed E-state index contributed by atoms with van der Waals surface area (Å²) in [6, 6.07) is 0.897. The number of hydrogen-bond acceptors (Lipinski definition) is 6. The first kappa shape index (κ1) is 23.4. The van der Waals surface area contributed by atoms with E-state index in [1.54, 1.807) is 16.3 Å².